The van der Waals surface area contributed by atoms with Crippen molar-refractivity contribution < 1.29 is 14.3 Å². The molecule has 0 bridgehead atoms. The van der Waals surface area contributed by atoms with Gasteiger partial charge in [0.25, 0.3) is 5.91 Å². The Morgan fingerprint density at radius 2 is 1.65 bits per heavy atom. The van der Waals surface area contributed by atoms with E-state index >= 15 is 0 Å². The molecule has 0 radical (unpaired) electrons. The number of hydrazone groups is 1. The van der Waals surface area contributed by atoms with Crippen LogP contribution in [-0.4, -0.2) is 46.4 Å². The summed E-state index contributed by atoms with van der Waals surface area (Å²) in [5.41, 5.74) is 6.53. The van der Waals surface area contributed by atoms with E-state index in [1.165, 1.54) is 17.3 Å². The van der Waals surface area contributed by atoms with Crippen molar-refractivity contribution in [3.63, 3.8) is 0 Å². The van der Waals surface area contributed by atoms with Gasteiger partial charge in [0.2, 0.25) is 0 Å². The number of benzene rings is 3. The van der Waals surface area contributed by atoms with Crippen molar-refractivity contribution in [2.24, 2.45) is 5.10 Å². The molecule has 40 heavy (non-hydrogen) atoms. The maximum Gasteiger partial charge on any atom is 0.250 e. The lowest BCUT2D eigenvalue weighted by Crippen LogP contribution is -2.20. The number of carbonyl (C=O) groups is 1. The van der Waals surface area contributed by atoms with Crippen LogP contribution in [0.4, 0.5) is 0 Å². The van der Waals surface area contributed by atoms with Crippen molar-refractivity contribution in [1.82, 2.24) is 20.2 Å². The van der Waals surface area contributed by atoms with Crippen LogP contribution < -0.4 is 14.9 Å². The highest BCUT2D eigenvalue weighted by atomic mass is 32.2. The number of aromatic nitrogens is 3. The Labute approximate surface area is 239 Å². The highest BCUT2D eigenvalue weighted by Gasteiger charge is 2.19. The Hall–Kier alpha value is -4.11. The lowest BCUT2D eigenvalue weighted by atomic mass is 9.87. The maximum absolute atomic E-state index is 12.6. The Balaban J connectivity index is 1.48. The van der Waals surface area contributed by atoms with E-state index < -0.39 is 0 Å². The van der Waals surface area contributed by atoms with Crippen LogP contribution in [0.1, 0.15) is 45.2 Å². The van der Waals surface area contributed by atoms with E-state index in [1.54, 1.807) is 13.3 Å². The number of carbonyl (C=O) groups excluding carboxylic acids is 1. The number of rotatable bonds is 11. The molecule has 0 atom stereocenters. The third-order valence-electron chi connectivity index (χ3n) is 6.06. The summed E-state index contributed by atoms with van der Waals surface area (Å²) in [4.78, 5) is 12.6. The van der Waals surface area contributed by atoms with E-state index in [0.717, 1.165) is 34.7 Å². The van der Waals surface area contributed by atoms with Crippen molar-refractivity contribution in [3.8, 4) is 28.6 Å². The smallest absolute Gasteiger partial charge is 0.250 e. The molecule has 3 aromatic carbocycles. The molecule has 0 saturated heterocycles. The average Bonchev–Trinajstić information content (AvgIpc) is 3.39. The number of thioether (sulfide) groups is 1. The van der Waals surface area contributed by atoms with E-state index in [-0.39, 0.29) is 17.1 Å². The molecule has 4 aromatic rings. The largest absolute Gasteiger partial charge is 0.497 e. The minimum Gasteiger partial charge on any atom is -0.497 e. The van der Waals surface area contributed by atoms with E-state index in [2.05, 4.69) is 72.7 Å². The predicted octanol–water partition coefficient (Wildman–Crippen LogP) is 6.27. The van der Waals surface area contributed by atoms with E-state index in [9.17, 15) is 4.79 Å². The van der Waals surface area contributed by atoms with Crippen LogP contribution in [0, 0.1) is 0 Å². The fraction of sp³-hybridized carbons (Fsp3) is 0.290. The maximum atomic E-state index is 12.6. The van der Waals surface area contributed by atoms with Gasteiger partial charge in [-0.05, 0) is 71.5 Å². The standard InChI is InChI=1S/C31H35N5O3S/c1-6-19-39-27-15-7-22(8-16-27)20-32-33-28(37)21-40-30-35-34-29(23-9-11-24(12-10-23)31(2,3)4)36(30)25-13-17-26(38-5)18-14-25/h7-18,20H,6,19,21H2,1-5H3,(H,33,37)/b32-20-. The molecule has 1 amide bonds. The van der Waals surface area contributed by atoms with Crippen molar-refractivity contribution in [2.75, 3.05) is 19.5 Å². The molecule has 1 aromatic heterocycles. The predicted molar refractivity (Wildman–Crippen MR) is 161 cm³/mol. The normalized spacial score (nSPS) is 11.5. The van der Waals surface area contributed by atoms with Crippen LogP contribution in [0.25, 0.3) is 17.1 Å². The van der Waals surface area contributed by atoms with Gasteiger partial charge in [-0.15, -0.1) is 10.2 Å². The third kappa shape index (κ3) is 7.51. The van der Waals surface area contributed by atoms with Gasteiger partial charge < -0.3 is 9.47 Å². The summed E-state index contributed by atoms with van der Waals surface area (Å²) in [5, 5.41) is 13.6. The lowest BCUT2D eigenvalue weighted by Gasteiger charge is -2.19. The second-order valence-corrected chi connectivity index (χ2v) is 11.1. The summed E-state index contributed by atoms with van der Waals surface area (Å²) in [5.74, 6) is 2.13. The van der Waals surface area contributed by atoms with E-state index in [1.807, 2.05) is 53.1 Å². The van der Waals surface area contributed by atoms with Crippen LogP contribution in [0.15, 0.2) is 83.1 Å². The number of ether oxygens (including phenoxy) is 2. The van der Waals surface area contributed by atoms with Gasteiger partial charge in [0, 0.05) is 11.3 Å². The number of methoxy groups -OCH3 is 1. The van der Waals surface area contributed by atoms with Crippen LogP contribution >= 0.6 is 11.8 Å². The number of nitrogens with one attached hydrogen (secondary N) is 1. The van der Waals surface area contributed by atoms with Crippen LogP contribution in [0.2, 0.25) is 0 Å². The Morgan fingerprint density at radius 1 is 0.975 bits per heavy atom. The van der Waals surface area contributed by atoms with E-state index in [0.29, 0.717) is 17.6 Å². The van der Waals surface area contributed by atoms with Crippen molar-refractivity contribution >= 4 is 23.9 Å². The minimum absolute atomic E-state index is 0.0472. The molecule has 1 heterocycles. The van der Waals surface area contributed by atoms with Gasteiger partial charge in [0.15, 0.2) is 11.0 Å². The first-order valence-corrected chi connectivity index (χ1v) is 14.2. The second kappa shape index (κ2) is 13.3. The summed E-state index contributed by atoms with van der Waals surface area (Å²) >= 11 is 1.29. The molecule has 0 aliphatic heterocycles. The molecule has 0 aliphatic carbocycles. The number of hydrogen-bond donors (Lipinski definition) is 1. The first-order chi connectivity index (χ1) is 19.3. The van der Waals surface area contributed by atoms with Crippen LogP contribution in [0.5, 0.6) is 11.5 Å². The molecule has 1 N–H and O–H groups in total. The van der Waals surface area contributed by atoms with Crippen molar-refractivity contribution in [2.45, 2.75) is 44.7 Å². The summed E-state index contributed by atoms with van der Waals surface area (Å²) in [6.45, 7) is 9.30. The van der Waals surface area contributed by atoms with Crippen LogP contribution in [-0.2, 0) is 10.2 Å². The fourth-order valence-corrected chi connectivity index (χ4v) is 4.59. The summed E-state index contributed by atoms with van der Waals surface area (Å²) in [6.07, 6.45) is 2.56. The van der Waals surface area contributed by atoms with Crippen molar-refractivity contribution in [1.29, 1.82) is 0 Å². The van der Waals surface area contributed by atoms with Gasteiger partial charge >= 0.3 is 0 Å². The molecule has 0 fully saturated rings. The van der Waals surface area contributed by atoms with Crippen LogP contribution in [0.3, 0.4) is 0 Å². The van der Waals surface area contributed by atoms with Gasteiger partial charge in [0.1, 0.15) is 11.5 Å². The Kier molecular flexibility index (Phi) is 9.60. The molecular formula is C31H35N5O3S. The molecule has 8 nitrogen and oxygen atoms in total. The highest BCUT2D eigenvalue weighted by molar-refractivity contribution is 7.99. The third-order valence-corrected chi connectivity index (χ3v) is 6.99. The number of amides is 1. The summed E-state index contributed by atoms with van der Waals surface area (Å²) in [6, 6.07) is 23.6. The zero-order valence-corrected chi connectivity index (χ0v) is 24.4. The molecule has 9 heteroatoms. The van der Waals surface area contributed by atoms with Gasteiger partial charge in [-0.25, -0.2) is 5.43 Å². The zero-order valence-electron chi connectivity index (χ0n) is 23.5. The van der Waals surface area contributed by atoms with E-state index in [4.69, 9.17) is 9.47 Å². The molecule has 208 valence electrons. The summed E-state index contributed by atoms with van der Waals surface area (Å²) in [7, 11) is 1.63. The minimum atomic E-state index is -0.246. The van der Waals surface area contributed by atoms with Crippen molar-refractivity contribution in [3.05, 3.63) is 83.9 Å². The Bertz CT molecular complexity index is 1420. The lowest BCUT2D eigenvalue weighted by molar-refractivity contribution is -0.118. The van der Waals surface area contributed by atoms with Gasteiger partial charge in [-0.2, -0.15) is 5.10 Å². The SMILES string of the molecule is CCCOc1ccc(/C=N\NC(=O)CSc2nnc(-c3ccc(C(C)(C)C)cc3)n2-c2ccc(OC)cc2)cc1. The molecule has 4 rings (SSSR count). The second-order valence-electron chi connectivity index (χ2n) is 10.2. The van der Waals surface area contributed by atoms with Gasteiger partial charge in [-0.3, -0.25) is 9.36 Å². The number of nitrogens with zero attached hydrogens (tertiary/aromatic N) is 4. The molecule has 0 aliphatic rings. The first kappa shape index (κ1) is 28.9. The quantitative estimate of drug-likeness (QED) is 0.133. The molecule has 0 spiro atoms. The topological polar surface area (TPSA) is 90.6 Å². The zero-order chi connectivity index (χ0) is 28.5. The van der Waals surface area contributed by atoms with Gasteiger partial charge in [0.05, 0.1) is 25.7 Å². The first-order valence-electron chi connectivity index (χ1n) is 13.2. The monoisotopic (exact) mass is 557 g/mol. The molecule has 0 saturated carbocycles. The molecule has 0 unspecified atom stereocenters. The number of hydrogen-bond acceptors (Lipinski definition) is 7. The average molecular weight is 558 g/mol. The summed E-state index contributed by atoms with van der Waals surface area (Å²) < 4.78 is 12.9. The highest BCUT2D eigenvalue weighted by Crippen LogP contribution is 2.30. The fourth-order valence-electron chi connectivity index (χ4n) is 3.84. The molecular weight excluding hydrogens is 522 g/mol. The van der Waals surface area contributed by atoms with Gasteiger partial charge in [-0.1, -0.05) is 63.7 Å². The Morgan fingerprint density at radius 3 is 2.27 bits per heavy atom.